The summed E-state index contributed by atoms with van der Waals surface area (Å²) in [7, 11) is 1.51. The second kappa shape index (κ2) is 7.67. The van der Waals surface area contributed by atoms with E-state index in [1.165, 1.54) is 25.6 Å². The summed E-state index contributed by atoms with van der Waals surface area (Å²) in [6.45, 7) is 1.01. The topological polar surface area (TPSA) is 97.4 Å². The van der Waals surface area contributed by atoms with E-state index in [-0.39, 0.29) is 17.6 Å². The second-order valence-electron chi connectivity index (χ2n) is 6.60. The number of nitrogens with one attached hydrogen (secondary N) is 1. The molecule has 1 N–H and O–H groups in total. The molecular weight excluding hydrogens is 360 g/mol. The number of likely N-dealkylation sites (tertiary alicyclic amines) is 1. The van der Waals surface area contributed by atoms with Gasteiger partial charge in [0.15, 0.2) is 0 Å². The van der Waals surface area contributed by atoms with Crippen LogP contribution in [-0.4, -0.2) is 52.1 Å². The SMILES string of the molecule is COc1nccnc1OC1CCCN(C(=O)c2cc(=O)[nH]c3ccccc23)C1. The van der Waals surface area contributed by atoms with Crippen LogP contribution in [-0.2, 0) is 0 Å². The number of methoxy groups -OCH3 is 1. The van der Waals surface area contributed by atoms with Gasteiger partial charge in [-0.05, 0) is 18.9 Å². The van der Waals surface area contributed by atoms with E-state index in [9.17, 15) is 9.59 Å². The van der Waals surface area contributed by atoms with Crippen molar-refractivity contribution in [3.8, 4) is 11.8 Å². The van der Waals surface area contributed by atoms with Crippen LogP contribution in [0, 0.1) is 0 Å². The second-order valence-corrected chi connectivity index (χ2v) is 6.60. The number of para-hydroxylation sites is 1. The standard InChI is InChI=1S/C20H20N4O4/c1-27-18-19(22-9-8-21-18)28-13-5-4-10-24(12-13)20(26)15-11-17(25)23-16-7-3-2-6-14(15)16/h2-3,6-9,11,13H,4-5,10,12H2,1H3,(H,23,25). The van der Waals surface area contributed by atoms with Crippen molar-refractivity contribution >= 4 is 16.8 Å². The Bertz CT molecular complexity index is 1070. The van der Waals surface area contributed by atoms with Gasteiger partial charge in [0.1, 0.15) is 6.10 Å². The number of rotatable bonds is 4. The maximum absolute atomic E-state index is 13.2. The van der Waals surface area contributed by atoms with E-state index < -0.39 is 0 Å². The fourth-order valence-electron chi connectivity index (χ4n) is 3.46. The molecule has 1 saturated heterocycles. The van der Waals surface area contributed by atoms with Gasteiger partial charge in [-0.15, -0.1) is 0 Å². The van der Waals surface area contributed by atoms with Crippen molar-refractivity contribution in [3.05, 3.63) is 58.6 Å². The number of nitrogens with zero attached hydrogens (tertiary/aromatic N) is 3. The molecule has 0 aliphatic carbocycles. The van der Waals surface area contributed by atoms with Crippen LogP contribution in [0.2, 0.25) is 0 Å². The Kier molecular flexibility index (Phi) is 4.92. The molecule has 1 atom stereocenters. The number of pyridine rings is 1. The molecule has 0 saturated carbocycles. The van der Waals surface area contributed by atoms with Crippen molar-refractivity contribution in [1.29, 1.82) is 0 Å². The van der Waals surface area contributed by atoms with Crippen molar-refractivity contribution in [2.75, 3.05) is 20.2 Å². The number of carbonyl (C=O) groups excluding carboxylic acids is 1. The van der Waals surface area contributed by atoms with Gasteiger partial charge in [-0.3, -0.25) is 9.59 Å². The molecule has 2 aromatic heterocycles. The number of H-pyrrole nitrogens is 1. The number of carbonyl (C=O) groups is 1. The van der Waals surface area contributed by atoms with Crippen LogP contribution < -0.4 is 15.0 Å². The van der Waals surface area contributed by atoms with Crippen LogP contribution in [0.25, 0.3) is 10.9 Å². The molecule has 0 radical (unpaired) electrons. The number of fused-ring (bicyclic) bond motifs is 1. The number of hydrogen-bond acceptors (Lipinski definition) is 6. The molecule has 1 aliphatic heterocycles. The maximum atomic E-state index is 13.2. The van der Waals surface area contributed by atoms with E-state index in [1.807, 2.05) is 18.2 Å². The highest BCUT2D eigenvalue weighted by Crippen LogP contribution is 2.25. The Morgan fingerprint density at radius 3 is 2.82 bits per heavy atom. The molecule has 4 rings (SSSR count). The number of ether oxygens (including phenoxy) is 2. The Balaban J connectivity index is 1.57. The highest BCUT2D eigenvalue weighted by molar-refractivity contribution is 6.06. The van der Waals surface area contributed by atoms with Crippen molar-refractivity contribution in [2.45, 2.75) is 18.9 Å². The van der Waals surface area contributed by atoms with E-state index in [0.29, 0.717) is 35.9 Å². The summed E-state index contributed by atoms with van der Waals surface area (Å²) < 4.78 is 11.1. The first-order valence-corrected chi connectivity index (χ1v) is 9.08. The number of piperidine rings is 1. The number of hydrogen-bond donors (Lipinski definition) is 1. The van der Waals surface area contributed by atoms with Crippen molar-refractivity contribution in [1.82, 2.24) is 19.9 Å². The minimum atomic E-state index is -0.295. The van der Waals surface area contributed by atoms with Gasteiger partial charge < -0.3 is 19.4 Å². The average molecular weight is 380 g/mol. The molecule has 3 aromatic rings. The molecule has 8 nitrogen and oxygen atoms in total. The largest absolute Gasteiger partial charge is 0.477 e. The summed E-state index contributed by atoms with van der Waals surface area (Å²) in [5.74, 6) is 0.444. The molecule has 1 aliphatic rings. The van der Waals surface area contributed by atoms with Crippen LogP contribution in [0.4, 0.5) is 0 Å². The van der Waals surface area contributed by atoms with Crippen molar-refractivity contribution in [3.63, 3.8) is 0 Å². The summed E-state index contributed by atoms with van der Waals surface area (Å²) in [5.41, 5.74) is 0.751. The van der Waals surface area contributed by atoms with E-state index in [2.05, 4.69) is 15.0 Å². The van der Waals surface area contributed by atoms with Crippen molar-refractivity contribution < 1.29 is 14.3 Å². The fraction of sp³-hybridized carbons (Fsp3) is 0.300. The molecule has 8 heteroatoms. The van der Waals surface area contributed by atoms with Crippen LogP contribution >= 0.6 is 0 Å². The predicted molar refractivity (Wildman–Crippen MR) is 103 cm³/mol. The summed E-state index contributed by atoms with van der Waals surface area (Å²) in [4.78, 5) is 37.9. The summed E-state index contributed by atoms with van der Waals surface area (Å²) in [6, 6.07) is 8.66. The molecular formula is C20H20N4O4. The minimum Gasteiger partial charge on any atom is -0.477 e. The van der Waals surface area contributed by atoms with Crippen LogP contribution in [0.15, 0.2) is 47.5 Å². The van der Waals surface area contributed by atoms with Crippen molar-refractivity contribution in [2.24, 2.45) is 0 Å². The Morgan fingerprint density at radius 1 is 1.21 bits per heavy atom. The van der Waals surface area contributed by atoms with E-state index in [1.54, 1.807) is 11.0 Å². The third-order valence-electron chi connectivity index (χ3n) is 4.75. The van der Waals surface area contributed by atoms with Gasteiger partial charge in [0, 0.05) is 35.9 Å². The first-order chi connectivity index (χ1) is 13.7. The monoisotopic (exact) mass is 380 g/mol. The number of aromatic nitrogens is 3. The number of benzene rings is 1. The lowest BCUT2D eigenvalue weighted by Crippen LogP contribution is -2.44. The van der Waals surface area contributed by atoms with Crippen LogP contribution in [0.1, 0.15) is 23.2 Å². The van der Waals surface area contributed by atoms with E-state index in [0.717, 1.165) is 18.2 Å². The summed E-state index contributed by atoms with van der Waals surface area (Å²) in [6.07, 6.45) is 4.42. The van der Waals surface area contributed by atoms with E-state index >= 15 is 0 Å². The number of aromatic amines is 1. The van der Waals surface area contributed by atoms with Gasteiger partial charge in [-0.25, -0.2) is 9.97 Å². The Labute approximate surface area is 161 Å². The van der Waals surface area contributed by atoms with Gasteiger partial charge in [-0.1, -0.05) is 18.2 Å². The highest BCUT2D eigenvalue weighted by atomic mass is 16.5. The molecule has 3 heterocycles. The molecule has 1 fully saturated rings. The zero-order valence-corrected chi connectivity index (χ0v) is 15.4. The first-order valence-electron chi connectivity index (χ1n) is 9.08. The molecule has 0 spiro atoms. The van der Waals surface area contributed by atoms with Crippen LogP contribution in [0.5, 0.6) is 11.8 Å². The maximum Gasteiger partial charge on any atom is 0.278 e. The minimum absolute atomic E-state index is 0.179. The molecule has 144 valence electrons. The first kappa shape index (κ1) is 18.0. The molecule has 1 aromatic carbocycles. The fourth-order valence-corrected chi connectivity index (χ4v) is 3.46. The summed E-state index contributed by atoms with van der Waals surface area (Å²) in [5, 5.41) is 0.728. The van der Waals surface area contributed by atoms with Gasteiger partial charge in [0.2, 0.25) is 5.56 Å². The Hall–Kier alpha value is -3.42. The third-order valence-corrected chi connectivity index (χ3v) is 4.75. The zero-order chi connectivity index (χ0) is 19.5. The molecule has 28 heavy (non-hydrogen) atoms. The smallest absolute Gasteiger partial charge is 0.278 e. The number of amides is 1. The predicted octanol–water partition coefficient (Wildman–Crippen LogP) is 2.01. The van der Waals surface area contributed by atoms with Crippen LogP contribution in [0.3, 0.4) is 0 Å². The highest BCUT2D eigenvalue weighted by Gasteiger charge is 2.28. The summed E-state index contributed by atoms with van der Waals surface area (Å²) >= 11 is 0. The lowest BCUT2D eigenvalue weighted by molar-refractivity contribution is 0.0521. The normalized spacial score (nSPS) is 16.8. The lowest BCUT2D eigenvalue weighted by atomic mass is 10.0. The van der Waals surface area contributed by atoms with Gasteiger partial charge in [-0.2, -0.15) is 0 Å². The van der Waals surface area contributed by atoms with Gasteiger partial charge in [0.25, 0.3) is 17.7 Å². The zero-order valence-electron chi connectivity index (χ0n) is 15.4. The lowest BCUT2D eigenvalue weighted by Gasteiger charge is -2.33. The van der Waals surface area contributed by atoms with Gasteiger partial charge in [0.05, 0.1) is 19.2 Å². The molecule has 1 amide bonds. The Morgan fingerprint density at radius 2 is 2.00 bits per heavy atom. The quantitative estimate of drug-likeness (QED) is 0.744. The van der Waals surface area contributed by atoms with E-state index in [4.69, 9.17) is 9.47 Å². The van der Waals surface area contributed by atoms with Gasteiger partial charge >= 0.3 is 0 Å². The molecule has 1 unspecified atom stereocenters. The molecule has 0 bridgehead atoms. The third kappa shape index (κ3) is 3.53. The average Bonchev–Trinajstić information content (AvgIpc) is 2.73.